The van der Waals surface area contributed by atoms with Crippen LogP contribution in [-0.2, 0) is 6.42 Å². The monoisotopic (exact) mass is 268 g/mol. The first-order valence-corrected chi connectivity index (χ1v) is 7.16. The summed E-state index contributed by atoms with van der Waals surface area (Å²) in [4.78, 5) is 0. The minimum atomic E-state index is -0.394. The van der Waals surface area contributed by atoms with E-state index >= 15 is 0 Å². The molecule has 3 rings (SSSR count). The predicted molar refractivity (Wildman–Crippen MR) is 70.1 cm³/mol. The average molecular weight is 269 g/mol. The van der Waals surface area contributed by atoms with Gasteiger partial charge in [0.2, 0.25) is 0 Å². The lowest BCUT2D eigenvalue weighted by Crippen LogP contribution is -2.15. The van der Waals surface area contributed by atoms with Gasteiger partial charge in [0, 0.05) is 0 Å². The highest BCUT2D eigenvalue weighted by Gasteiger charge is 2.53. The van der Waals surface area contributed by atoms with Gasteiger partial charge in [-0.25, -0.2) is 4.39 Å². The Kier molecular flexibility index (Phi) is 3.33. The summed E-state index contributed by atoms with van der Waals surface area (Å²) in [7, 11) is 0. The van der Waals surface area contributed by atoms with E-state index in [2.05, 4.69) is 0 Å². The molecule has 2 aliphatic rings. The van der Waals surface area contributed by atoms with Gasteiger partial charge in [0.05, 0.1) is 11.1 Å². The van der Waals surface area contributed by atoms with Crippen LogP contribution in [-0.4, -0.2) is 11.2 Å². The van der Waals surface area contributed by atoms with Crippen LogP contribution in [0.15, 0.2) is 18.2 Å². The van der Waals surface area contributed by atoms with Gasteiger partial charge in [-0.15, -0.1) is 0 Å². The maximum atomic E-state index is 13.3. The molecule has 2 fully saturated rings. The molecule has 0 aliphatic heterocycles. The summed E-state index contributed by atoms with van der Waals surface area (Å²) in [6.45, 7) is 0. The van der Waals surface area contributed by atoms with E-state index in [0.717, 1.165) is 17.4 Å². The van der Waals surface area contributed by atoms with Crippen molar-refractivity contribution in [3.8, 4) is 0 Å². The summed E-state index contributed by atoms with van der Waals surface area (Å²) in [5.74, 6) is 1.51. The van der Waals surface area contributed by atoms with Crippen molar-refractivity contribution in [2.75, 3.05) is 0 Å². The first-order chi connectivity index (χ1) is 8.66. The third kappa shape index (κ3) is 2.28. The maximum absolute atomic E-state index is 13.3. The Morgan fingerprint density at radius 2 is 1.94 bits per heavy atom. The van der Waals surface area contributed by atoms with Gasteiger partial charge in [-0.2, -0.15) is 0 Å². The van der Waals surface area contributed by atoms with Gasteiger partial charge in [-0.1, -0.05) is 30.5 Å². The summed E-state index contributed by atoms with van der Waals surface area (Å²) >= 11 is 5.65. The van der Waals surface area contributed by atoms with Crippen molar-refractivity contribution in [3.05, 3.63) is 34.6 Å². The molecule has 0 radical (unpaired) electrons. The summed E-state index contributed by atoms with van der Waals surface area (Å²) in [6, 6.07) is 4.82. The molecule has 1 aromatic carbocycles. The normalized spacial score (nSPS) is 31.8. The summed E-state index contributed by atoms with van der Waals surface area (Å²) < 4.78 is 13.3. The number of hydrogen-bond acceptors (Lipinski definition) is 1. The minimum absolute atomic E-state index is 0.147. The van der Waals surface area contributed by atoms with Crippen molar-refractivity contribution in [3.63, 3.8) is 0 Å². The SMILES string of the molecule is OC(Cc1ccc(Cl)c(F)c1)C1C2CCCCC21. The van der Waals surface area contributed by atoms with Crippen molar-refractivity contribution in [2.45, 2.75) is 38.2 Å². The fraction of sp³-hybridized carbons (Fsp3) is 0.600. The van der Waals surface area contributed by atoms with Gasteiger partial charge < -0.3 is 5.11 Å². The van der Waals surface area contributed by atoms with Gasteiger partial charge in [-0.3, -0.25) is 0 Å². The zero-order valence-corrected chi connectivity index (χ0v) is 11.0. The Hall–Kier alpha value is -0.600. The van der Waals surface area contributed by atoms with Crippen LogP contribution in [0.25, 0.3) is 0 Å². The smallest absolute Gasteiger partial charge is 0.142 e. The van der Waals surface area contributed by atoms with Crippen LogP contribution in [0.4, 0.5) is 4.39 Å². The van der Waals surface area contributed by atoms with E-state index in [1.54, 1.807) is 12.1 Å². The van der Waals surface area contributed by atoms with E-state index in [1.807, 2.05) is 0 Å². The first-order valence-electron chi connectivity index (χ1n) is 6.79. The average Bonchev–Trinajstić information content (AvgIpc) is 3.08. The van der Waals surface area contributed by atoms with Crippen molar-refractivity contribution >= 4 is 11.6 Å². The van der Waals surface area contributed by atoms with E-state index in [1.165, 1.54) is 31.7 Å². The Bertz CT molecular complexity index is 436. The Morgan fingerprint density at radius 1 is 1.28 bits per heavy atom. The van der Waals surface area contributed by atoms with Crippen molar-refractivity contribution < 1.29 is 9.50 Å². The molecule has 18 heavy (non-hydrogen) atoms. The fourth-order valence-corrected chi connectivity index (χ4v) is 3.78. The number of aliphatic hydroxyl groups is 1. The van der Waals surface area contributed by atoms with Crippen LogP contribution < -0.4 is 0 Å². The second kappa shape index (κ2) is 4.82. The van der Waals surface area contributed by atoms with E-state index in [4.69, 9.17) is 11.6 Å². The summed E-state index contributed by atoms with van der Waals surface area (Å²) in [5.41, 5.74) is 0.841. The van der Waals surface area contributed by atoms with E-state index in [0.29, 0.717) is 12.3 Å². The molecule has 0 saturated heterocycles. The highest BCUT2D eigenvalue weighted by Crippen LogP contribution is 2.57. The van der Waals surface area contributed by atoms with Gasteiger partial charge in [0.15, 0.2) is 0 Å². The molecule has 0 aromatic heterocycles. The molecular weight excluding hydrogens is 251 g/mol. The number of fused-ring (bicyclic) bond motifs is 1. The number of halogens is 2. The molecule has 98 valence electrons. The lowest BCUT2D eigenvalue weighted by Gasteiger charge is -2.10. The Balaban J connectivity index is 1.64. The molecule has 0 spiro atoms. The van der Waals surface area contributed by atoms with Crippen molar-refractivity contribution in [2.24, 2.45) is 17.8 Å². The molecule has 0 amide bonds. The lowest BCUT2D eigenvalue weighted by atomic mass is 10.0. The summed E-state index contributed by atoms with van der Waals surface area (Å²) in [5, 5.41) is 10.4. The van der Waals surface area contributed by atoms with E-state index < -0.39 is 5.82 Å². The van der Waals surface area contributed by atoms with Crippen LogP contribution in [0, 0.1) is 23.6 Å². The molecule has 3 unspecified atom stereocenters. The van der Waals surface area contributed by atoms with Crippen LogP contribution in [0.1, 0.15) is 31.2 Å². The number of benzene rings is 1. The largest absolute Gasteiger partial charge is 0.392 e. The second-order valence-corrected chi connectivity index (χ2v) is 6.12. The zero-order valence-electron chi connectivity index (χ0n) is 10.3. The lowest BCUT2D eigenvalue weighted by molar-refractivity contribution is 0.140. The fourth-order valence-electron chi connectivity index (χ4n) is 3.66. The maximum Gasteiger partial charge on any atom is 0.142 e. The third-order valence-corrected chi connectivity index (χ3v) is 4.90. The first kappa shape index (κ1) is 12.4. The molecular formula is C15H18ClFO. The second-order valence-electron chi connectivity index (χ2n) is 5.71. The molecule has 3 atom stereocenters. The van der Waals surface area contributed by atoms with E-state index in [9.17, 15) is 9.50 Å². The molecule has 2 saturated carbocycles. The highest BCUT2D eigenvalue weighted by molar-refractivity contribution is 6.30. The highest BCUT2D eigenvalue weighted by atomic mass is 35.5. The van der Waals surface area contributed by atoms with Crippen LogP contribution >= 0.6 is 11.6 Å². The quantitative estimate of drug-likeness (QED) is 0.884. The molecule has 1 aromatic rings. The number of rotatable bonds is 3. The minimum Gasteiger partial charge on any atom is -0.392 e. The molecule has 3 heteroatoms. The van der Waals surface area contributed by atoms with Crippen LogP contribution in [0.5, 0.6) is 0 Å². The number of hydrogen-bond donors (Lipinski definition) is 1. The molecule has 0 heterocycles. The topological polar surface area (TPSA) is 20.2 Å². The third-order valence-electron chi connectivity index (χ3n) is 4.60. The van der Waals surface area contributed by atoms with Crippen LogP contribution in [0.2, 0.25) is 5.02 Å². The van der Waals surface area contributed by atoms with Crippen LogP contribution in [0.3, 0.4) is 0 Å². The standard InChI is InChI=1S/C15H18ClFO/c16-12-6-5-9(7-13(12)17)8-14(18)15-10-3-1-2-4-11(10)15/h5-7,10-11,14-15,18H,1-4,8H2. The molecule has 0 bridgehead atoms. The zero-order chi connectivity index (χ0) is 12.7. The van der Waals surface area contributed by atoms with E-state index in [-0.39, 0.29) is 11.1 Å². The van der Waals surface area contributed by atoms with Crippen molar-refractivity contribution in [1.29, 1.82) is 0 Å². The van der Waals surface area contributed by atoms with Gasteiger partial charge in [0.25, 0.3) is 0 Å². The van der Waals surface area contributed by atoms with Gasteiger partial charge in [0.1, 0.15) is 5.82 Å². The number of aliphatic hydroxyl groups excluding tert-OH is 1. The molecule has 1 N–H and O–H groups in total. The Morgan fingerprint density at radius 3 is 2.56 bits per heavy atom. The molecule has 1 nitrogen and oxygen atoms in total. The predicted octanol–water partition coefficient (Wildman–Crippen LogP) is 3.82. The summed E-state index contributed by atoms with van der Waals surface area (Å²) in [6.07, 6.45) is 5.37. The van der Waals surface area contributed by atoms with Crippen molar-refractivity contribution in [1.82, 2.24) is 0 Å². The van der Waals surface area contributed by atoms with Gasteiger partial charge in [-0.05, 0) is 54.7 Å². The molecule has 2 aliphatic carbocycles. The van der Waals surface area contributed by atoms with Gasteiger partial charge >= 0.3 is 0 Å². The Labute approximate surface area is 112 Å².